The first-order valence-electron chi connectivity index (χ1n) is 6.14. The minimum Gasteiger partial charge on any atom is -0.396 e. The van der Waals surface area contributed by atoms with Gasteiger partial charge in [-0.3, -0.25) is 0 Å². The molecule has 0 bridgehead atoms. The van der Waals surface area contributed by atoms with Crippen LogP contribution in [0.4, 0.5) is 0 Å². The molecule has 1 aliphatic rings. The van der Waals surface area contributed by atoms with Gasteiger partial charge in [0.25, 0.3) is 0 Å². The molecule has 0 saturated carbocycles. The normalized spacial score (nSPS) is 28.0. The Morgan fingerprint density at radius 3 is 2.75 bits per heavy atom. The van der Waals surface area contributed by atoms with Gasteiger partial charge < -0.3 is 15.7 Å². The molecule has 3 nitrogen and oxygen atoms in total. The van der Waals surface area contributed by atoms with Crippen LogP contribution in [0.1, 0.15) is 33.1 Å². The van der Waals surface area contributed by atoms with Crippen LogP contribution < -0.4 is 5.73 Å². The third-order valence-corrected chi connectivity index (χ3v) is 3.28. The van der Waals surface area contributed by atoms with Gasteiger partial charge in [0.1, 0.15) is 0 Å². The maximum absolute atomic E-state index is 9.58. The van der Waals surface area contributed by atoms with Gasteiger partial charge in [0.15, 0.2) is 0 Å². The molecule has 1 atom stereocenters. The number of allylic oxidation sites excluding steroid dienone is 1. The molecule has 0 aromatic carbocycles. The predicted octanol–water partition coefficient (Wildman–Crippen LogP) is 1.37. The monoisotopic (exact) mass is 226 g/mol. The summed E-state index contributed by atoms with van der Waals surface area (Å²) in [5.41, 5.74) is 5.91. The molecule has 0 spiro atoms. The van der Waals surface area contributed by atoms with Crippen LogP contribution in [0.15, 0.2) is 12.7 Å². The zero-order valence-corrected chi connectivity index (χ0v) is 10.7. The highest BCUT2D eigenvalue weighted by molar-refractivity contribution is 4.93. The molecule has 0 aromatic rings. The SMILES string of the molecule is C=CCC1(CO)CCCN(CC(C)(C)N)C1. The minimum atomic E-state index is -0.160. The Morgan fingerprint density at radius 2 is 2.25 bits per heavy atom. The molecule has 94 valence electrons. The van der Waals surface area contributed by atoms with Crippen LogP contribution in [-0.4, -0.2) is 41.8 Å². The molecule has 0 aliphatic carbocycles. The third-order valence-electron chi connectivity index (χ3n) is 3.28. The van der Waals surface area contributed by atoms with Crippen LogP contribution in [0.3, 0.4) is 0 Å². The van der Waals surface area contributed by atoms with Crippen molar-refractivity contribution in [1.82, 2.24) is 4.90 Å². The average Bonchev–Trinajstić information content (AvgIpc) is 2.16. The van der Waals surface area contributed by atoms with Gasteiger partial charge in [0, 0.05) is 24.0 Å². The van der Waals surface area contributed by atoms with E-state index in [4.69, 9.17) is 5.73 Å². The largest absolute Gasteiger partial charge is 0.396 e. The van der Waals surface area contributed by atoms with Gasteiger partial charge in [-0.15, -0.1) is 6.58 Å². The number of nitrogens with zero attached hydrogens (tertiary/aromatic N) is 1. The van der Waals surface area contributed by atoms with E-state index in [0.29, 0.717) is 0 Å². The summed E-state index contributed by atoms with van der Waals surface area (Å²) >= 11 is 0. The maximum Gasteiger partial charge on any atom is 0.0502 e. The number of rotatable bonds is 5. The zero-order chi connectivity index (χ0) is 12.2. The van der Waals surface area contributed by atoms with Gasteiger partial charge in [-0.2, -0.15) is 0 Å². The van der Waals surface area contributed by atoms with Crippen molar-refractivity contribution >= 4 is 0 Å². The molecule has 0 amide bonds. The van der Waals surface area contributed by atoms with E-state index < -0.39 is 0 Å². The minimum absolute atomic E-state index is 0.0191. The second-order valence-electron chi connectivity index (χ2n) is 5.95. The van der Waals surface area contributed by atoms with Crippen LogP contribution in [0, 0.1) is 5.41 Å². The standard InChI is InChI=1S/C13H26N2O/c1-4-6-13(11-16)7-5-8-15(10-13)9-12(2,3)14/h4,16H,1,5-11,14H2,2-3H3. The van der Waals surface area contributed by atoms with Crippen LogP contribution in [0.2, 0.25) is 0 Å². The van der Waals surface area contributed by atoms with Crippen molar-refractivity contribution in [2.75, 3.05) is 26.2 Å². The molecule has 1 heterocycles. The molecule has 1 rings (SSSR count). The Labute approximate surface area is 99.3 Å². The topological polar surface area (TPSA) is 49.5 Å². The summed E-state index contributed by atoms with van der Waals surface area (Å²) in [4.78, 5) is 2.38. The fraction of sp³-hybridized carbons (Fsp3) is 0.846. The lowest BCUT2D eigenvalue weighted by Gasteiger charge is -2.43. The van der Waals surface area contributed by atoms with Crippen LogP contribution >= 0.6 is 0 Å². The molecule has 1 saturated heterocycles. The number of likely N-dealkylation sites (tertiary alicyclic amines) is 1. The van der Waals surface area contributed by atoms with E-state index in [1.165, 1.54) is 0 Å². The van der Waals surface area contributed by atoms with E-state index in [1.54, 1.807) is 0 Å². The predicted molar refractivity (Wildman–Crippen MR) is 68.3 cm³/mol. The Bertz CT molecular complexity index is 235. The quantitative estimate of drug-likeness (QED) is 0.696. The summed E-state index contributed by atoms with van der Waals surface area (Å²) in [5, 5.41) is 9.58. The summed E-state index contributed by atoms with van der Waals surface area (Å²) in [6.07, 6.45) is 5.06. The first-order chi connectivity index (χ1) is 7.41. The van der Waals surface area contributed by atoms with Crippen LogP contribution in [0.25, 0.3) is 0 Å². The van der Waals surface area contributed by atoms with Crippen molar-refractivity contribution in [3.8, 4) is 0 Å². The van der Waals surface area contributed by atoms with E-state index in [2.05, 4.69) is 25.3 Å². The van der Waals surface area contributed by atoms with Crippen molar-refractivity contribution in [3.63, 3.8) is 0 Å². The lowest BCUT2D eigenvalue weighted by Crippen LogP contribution is -2.52. The van der Waals surface area contributed by atoms with E-state index >= 15 is 0 Å². The highest BCUT2D eigenvalue weighted by atomic mass is 16.3. The number of piperidine rings is 1. The van der Waals surface area contributed by atoms with Gasteiger partial charge in [-0.25, -0.2) is 0 Å². The van der Waals surface area contributed by atoms with Crippen LogP contribution in [0.5, 0.6) is 0 Å². The van der Waals surface area contributed by atoms with Crippen molar-refractivity contribution in [2.45, 2.75) is 38.6 Å². The summed E-state index contributed by atoms with van der Waals surface area (Å²) < 4.78 is 0. The Morgan fingerprint density at radius 1 is 1.56 bits per heavy atom. The molecule has 16 heavy (non-hydrogen) atoms. The number of aliphatic hydroxyl groups excluding tert-OH is 1. The Hall–Kier alpha value is -0.380. The zero-order valence-electron chi connectivity index (χ0n) is 10.7. The first-order valence-corrected chi connectivity index (χ1v) is 6.14. The Balaban J connectivity index is 2.60. The Kier molecular flexibility index (Phi) is 4.53. The van der Waals surface area contributed by atoms with Gasteiger partial charge in [-0.1, -0.05) is 6.08 Å². The highest BCUT2D eigenvalue weighted by Gasteiger charge is 2.34. The maximum atomic E-state index is 9.58. The first kappa shape index (κ1) is 13.7. The number of hydrogen-bond acceptors (Lipinski definition) is 3. The van der Waals surface area contributed by atoms with Crippen LogP contribution in [-0.2, 0) is 0 Å². The molecule has 3 heteroatoms. The second-order valence-corrected chi connectivity index (χ2v) is 5.95. The molecular formula is C13H26N2O. The summed E-state index contributed by atoms with van der Waals surface area (Å²) in [6, 6.07) is 0. The molecular weight excluding hydrogens is 200 g/mol. The van der Waals surface area contributed by atoms with Gasteiger partial charge >= 0.3 is 0 Å². The molecule has 1 aliphatic heterocycles. The van der Waals surface area contributed by atoms with E-state index in [0.717, 1.165) is 38.9 Å². The van der Waals surface area contributed by atoms with Crippen molar-refractivity contribution in [2.24, 2.45) is 11.1 Å². The summed E-state index contributed by atoms with van der Waals surface area (Å²) in [6.45, 7) is 11.1. The molecule has 3 N–H and O–H groups in total. The van der Waals surface area contributed by atoms with Gasteiger partial charge in [-0.05, 0) is 39.7 Å². The van der Waals surface area contributed by atoms with Crippen molar-refractivity contribution in [1.29, 1.82) is 0 Å². The molecule has 0 aromatic heterocycles. The second kappa shape index (κ2) is 5.30. The molecule has 1 unspecified atom stereocenters. The lowest BCUT2D eigenvalue weighted by atomic mass is 9.77. The van der Waals surface area contributed by atoms with Crippen molar-refractivity contribution in [3.05, 3.63) is 12.7 Å². The third kappa shape index (κ3) is 3.89. The fourth-order valence-corrected chi connectivity index (χ4v) is 2.69. The lowest BCUT2D eigenvalue weighted by molar-refractivity contribution is 0.0272. The van der Waals surface area contributed by atoms with E-state index in [1.807, 2.05) is 6.08 Å². The highest BCUT2D eigenvalue weighted by Crippen LogP contribution is 2.33. The smallest absolute Gasteiger partial charge is 0.0502 e. The molecule has 1 fully saturated rings. The van der Waals surface area contributed by atoms with E-state index in [9.17, 15) is 5.11 Å². The number of hydrogen-bond donors (Lipinski definition) is 2. The average molecular weight is 226 g/mol. The van der Waals surface area contributed by atoms with Crippen molar-refractivity contribution < 1.29 is 5.11 Å². The van der Waals surface area contributed by atoms with E-state index in [-0.39, 0.29) is 17.6 Å². The summed E-state index contributed by atoms with van der Waals surface area (Å²) in [5.74, 6) is 0. The number of aliphatic hydroxyl groups is 1. The summed E-state index contributed by atoms with van der Waals surface area (Å²) in [7, 11) is 0. The number of nitrogens with two attached hydrogens (primary N) is 1. The fourth-order valence-electron chi connectivity index (χ4n) is 2.69. The van der Waals surface area contributed by atoms with Gasteiger partial charge in [0.2, 0.25) is 0 Å². The molecule has 0 radical (unpaired) electrons. The van der Waals surface area contributed by atoms with Gasteiger partial charge in [0.05, 0.1) is 6.61 Å².